The summed E-state index contributed by atoms with van der Waals surface area (Å²) in [4.78, 5) is 30.2. The van der Waals surface area contributed by atoms with E-state index in [-0.39, 0.29) is 17.2 Å². The van der Waals surface area contributed by atoms with Crippen LogP contribution in [-0.4, -0.2) is 34.4 Å². The molecule has 1 aliphatic rings. The number of hydrogen-bond donors (Lipinski definition) is 1. The molecule has 6 nitrogen and oxygen atoms in total. The number of rotatable bonds is 2. The van der Waals surface area contributed by atoms with Crippen molar-refractivity contribution in [1.29, 1.82) is 0 Å². The van der Waals surface area contributed by atoms with Crippen molar-refractivity contribution < 1.29 is 14.7 Å². The van der Waals surface area contributed by atoms with Crippen molar-refractivity contribution in [3.8, 4) is 5.75 Å². The molecule has 6 heteroatoms. The Bertz CT molecular complexity index is 1030. The minimum absolute atomic E-state index is 0.104. The third kappa shape index (κ3) is 2.42. The molecule has 4 rings (SSSR count). The van der Waals surface area contributed by atoms with Gasteiger partial charge in [0.05, 0.1) is 5.56 Å². The number of benzene rings is 2. The molecule has 0 saturated heterocycles. The van der Waals surface area contributed by atoms with Crippen molar-refractivity contribution in [1.82, 2.24) is 4.98 Å². The van der Waals surface area contributed by atoms with Crippen LogP contribution in [0.3, 0.4) is 0 Å². The molecule has 0 spiro atoms. The summed E-state index contributed by atoms with van der Waals surface area (Å²) in [5.74, 6) is -0.375. The van der Waals surface area contributed by atoms with Crippen molar-refractivity contribution in [3.63, 3.8) is 0 Å². The molecule has 124 valence electrons. The number of hydrogen-bond acceptors (Lipinski definition) is 4. The molecule has 1 aliphatic heterocycles. The third-order valence-corrected chi connectivity index (χ3v) is 4.55. The van der Waals surface area contributed by atoms with E-state index in [1.54, 1.807) is 47.5 Å². The summed E-state index contributed by atoms with van der Waals surface area (Å²) in [5.41, 5.74) is 2.93. The predicted molar refractivity (Wildman–Crippen MR) is 94.4 cm³/mol. The number of nitrogens with zero attached hydrogens (tertiary/aromatic N) is 3. The van der Waals surface area contributed by atoms with E-state index in [1.165, 1.54) is 7.05 Å². The maximum Gasteiger partial charge on any atom is 0.262 e. The first-order valence-electron chi connectivity index (χ1n) is 7.98. The van der Waals surface area contributed by atoms with E-state index in [1.807, 2.05) is 6.07 Å². The first-order valence-corrected chi connectivity index (χ1v) is 7.98. The van der Waals surface area contributed by atoms with Gasteiger partial charge in [-0.3, -0.25) is 9.78 Å². The van der Waals surface area contributed by atoms with Crippen LogP contribution in [0.4, 0.5) is 11.4 Å². The lowest BCUT2D eigenvalue weighted by molar-refractivity contribution is -0.428. The topological polar surface area (TPSA) is 73.5 Å². The second-order valence-corrected chi connectivity index (χ2v) is 6.05. The summed E-state index contributed by atoms with van der Waals surface area (Å²) >= 11 is 0. The third-order valence-electron chi connectivity index (χ3n) is 4.55. The van der Waals surface area contributed by atoms with Crippen LogP contribution < -0.4 is 4.90 Å². The largest absolute Gasteiger partial charge is 0.505 e. The fourth-order valence-electron chi connectivity index (χ4n) is 3.24. The number of anilines is 1. The van der Waals surface area contributed by atoms with E-state index in [4.69, 9.17) is 0 Å². The van der Waals surface area contributed by atoms with Gasteiger partial charge in [-0.25, -0.2) is 0 Å². The number of amides is 1. The number of nitroso groups, excluding NO2 is 1. The molecule has 0 fully saturated rings. The normalized spacial score (nSPS) is 13.1. The molecule has 0 radical (unpaired) electrons. The van der Waals surface area contributed by atoms with Gasteiger partial charge in [0.2, 0.25) is 0 Å². The molecule has 3 aromatic rings. The van der Waals surface area contributed by atoms with Gasteiger partial charge < -0.3 is 10.0 Å². The molecule has 2 aromatic carbocycles. The molecule has 1 amide bonds. The maximum absolute atomic E-state index is 13.0. The highest BCUT2D eigenvalue weighted by Gasteiger charge is 2.29. The van der Waals surface area contributed by atoms with Gasteiger partial charge in [0, 0.05) is 45.6 Å². The van der Waals surface area contributed by atoms with Crippen molar-refractivity contribution in [3.05, 3.63) is 64.7 Å². The molecule has 0 saturated carbocycles. The number of aromatic nitrogens is 1. The monoisotopic (exact) mass is 334 g/mol. The molecule has 0 bridgehead atoms. The fourth-order valence-corrected chi connectivity index (χ4v) is 3.24. The lowest BCUT2D eigenvalue weighted by Gasteiger charge is -2.18. The van der Waals surface area contributed by atoms with Gasteiger partial charge in [0.25, 0.3) is 11.6 Å². The van der Waals surface area contributed by atoms with E-state index in [0.717, 1.165) is 21.4 Å². The number of carbonyl (C=O) groups is 1. The summed E-state index contributed by atoms with van der Waals surface area (Å²) in [5, 5.41) is 11.3. The molecular formula is C19H16N3O3+. The summed E-state index contributed by atoms with van der Waals surface area (Å²) < 4.78 is 0.797. The number of pyridine rings is 1. The molecule has 25 heavy (non-hydrogen) atoms. The summed E-state index contributed by atoms with van der Waals surface area (Å²) in [7, 11) is 1.44. The second kappa shape index (κ2) is 5.66. The quantitative estimate of drug-likeness (QED) is 0.731. The number of aromatic hydroxyl groups is 1. The highest BCUT2D eigenvalue weighted by atomic mass is 16.3. The average molecular weight is 334 g/mol. The lowest BCUT2D eigenvalue weighted by Crippen LogP contribution is -2.28. The molecule has 0 atom stereocenters. The number of phenols is 1. The number of fused-ring (bicyclic) bond motifs is 2. The van der Waals surface area contributed by atoms with Crippen LogP contribution in [0.5, 0.6) is 5.75 Å². The number of carbonyl (C=O) groups excluding carboxylic acids is 1. The molecule has 1 N–H and O–H groups in total. The second-order valence-electron chi connectivity index (χ2n) is 6.05. The van der Waals surface area contributed by atoms with Gasteiger partial charge >= 0.3 is 0 Å². The van der Waals surface area contributed by atoms with Gasteiger partial charge in [-0.2, -0.15) is 0 Å². The van der Waals surface area contributed by atoms with Gasteiger partial charge in [-0.15, -0.1) is 0 Å². The Kier molecular flexibility index (Phi) is 3.46. The first kappa shape index (κ1) is 15.3. The van der Waals surface area contributed by atoms with Crippen LogP contribution in [0.25, 0.3) is 10.9 Å². The highest BCUT2D eigenvalue weighted by Crippen LogP contribution is 2.34. The highest BCUT2D eigenvalue weighted by molar-refractivity contribution is 6.11. The first-order chi connectivity index (χ1) is 12.1. The Morgan fingerprint density at radius 3 is 2.88 bits per heavy atom. The fraction of sp³-hybridized carbons (Fsp3) is 0.158. The molecule has 0 unspecified atom stereocenters. The minimum atomic E-state index is -0.271. The van der Waals surface area contributed by atoms with Crippen molar-refractivity contribution in [2.45, 2.75) is 6.42 Å². The van der Waals surface area contributed by atoms with E-state index in [0.29, 0.717) is 24.2 Å². The predicted octanol–water partition coefficient (Wildman–Crippen LogP) is 3.18. The Balaban J connectivity index is 1.74. The maximum atomic E-state index is 13.0. The van der Waals surface area contributed by atoms with Crippen LogP contribution in [0.15, 0.2) is 48.7 Å². The smallest absolute Gasteiger partial charge is 0.262 e. The standard InChI is InChI=1S/C19H15N3O3/c1-21(25)14-5-7-16-13(11-14)8-10-22(16)19(24)15-6-4-12-3-2-9-20-17(12)18(15)23/h2-7,9,11H,8,10H2,1H3/p+1. The SMILES string of the molecule is C[N+](=O)c1ccc2c(c1)CCN2C(=O)c1ccc2cccnc2c1O. The van der Waals surface area contributed by atoms with Gasteiger partial charge in [-0.05, 0) is 30.2 Å². The average Bonchev–Trinajstić information content (AvgIpc) is 3.05. The molecule has 0 aliphatic carbocycles. The van der Waals surface area contributed by atoms with Crippen molar-refractivity contribution >= 4 is 28.2 Å². The van der Waals surface area contributed by atoms with Crippen LogP contribution in [0.1, 0.15) is 15.9 Å². The van der Waals surface area contributed by atoms with E-state index < -0.39 is 0 Å². The Morgan fingerprint density at radius 1 is 1.24 bits per heavy atom. The lowest BCUT2D eigenvalue weighted by atomic mass is 10.1. The van der Waals surface area contributed by atoms with Crippen LogP contribution >= 0.6 is 0 Å². The van der Waals surface area contributed by atoms with Gasteiger partial charge in [0.1, 0.15) is 5.52 Å². The zero-order chi connectivity index (χ0) is 17.6. The van der Waals surface area contributed by atoms with Crippen molar-refractivity contribution in [2.24, 2.45) is 0 Å². The summed E-state index contributed by atoms with van der Waals surface area (Å²) in [6.45, 7) is 0.514. The summed E-state index contributed by atoms with van der Waals surface area (Å²) in [6.07, 6.45) is 2.26. The summed E-state index contributed by atoms with van der Waals surface area (Å²) in [6, 6.07) is 12.3. The van der Waals surface area contributed by atoms with Crippen LogP contribution in [0.2, 0.25) is 0 Å². The van der Waals surface area contributed by atoms with E-state index in [2.05, 4.69) is 4.98 Å². The van der Waals surface area contributed by atoms with Crippen LogP contribution in [-0.2, 0) is 6.42 Å². The van der Waals surface area contributed by atoms with Crippen molar-refractivity contribution in [2.75, 3.05) is 18.5 Å². The molecule has 2 heterocycles. The number of phenolic OH excluding ortho intramolecular Hbond substituents is 1. The molecular weight excluding hydrogens is 318 g/mol. The Labute approximate surface area is 143 Å². The van der Waals surface area contributed by atoms with Crippen LogP contribution in [0, 0.1) is 4.91 Å². The molecule has 1 aromatic heterocycles. The van der Waals surface area contributed by atoms with E-state index in [9.17, 15) is 14.8 Å². The Hall–Kier alpha value is -3.28. The zero-order valence-electron chi connectivity index (χ0n) is 13.6. The van der Waals surface area contributed by atoms with Gasteiger partial charge in [-0.1, -0.05) is 12.1 Å². The van der Waals surface area contributed by atoms with E-state index >= 15 is 0 Å². The minimum Gasteiger partial charge on any atom is -0.505 e. The Morgan fingerprint density at radius 2 is 2.08 bits per heavy atom. The van der Waals surface area contributed by atoms with Gasteiger partial charge in [0.15, 0.2) is 12.8 Å². The zero-order valence-corrected chi connectivity index (χ0v) is 13.6.